The van der Waals surface area contributed by atoms with Gasteiger partial charge < -0.3 is 5.32 Å². The number of anilines is 1. The van der Waals surface area contributed by atoms with E-state index < -0.39 is 23.4 Å². The van der Waals surface area contributed by atoms with Gasteiger partial charge in [-0.05, 0) is 32.9 Å². The molecular formula is C18H17F3N6O2. The zero-order valence-corrected chi connectivity index (χ0v) is 16.0. The first-order valence-electron chi connectivity index (χ1n) is 8.45. The molecule has 0 bridgehead atoms. The first kappa shape index (κ1) is 20.2. The number of carbonyl (C=O) groups is 2. The molecule has 1 amide bonds. The van der Waals surface area contributed by atoms with Crippen LogP contribution in [0.25, 0.3) is 5.82 Å². The van der Waals surface area contributed by atoms with Crippen molar-refractivity contribution >= 4 is 17.5 Å². The first-order chi connectivity index (χ1) is 13.5. The van der Waals surface area contributed by atoms with Gasteiger partial charge in [0.15, 0.2) is 5.82 Å². The number of alkyl halides is 3. The van der Waals surface area contributed by atoms with Gasteiger partial charge in [0.2, 0.25) is 0 Å². The fourth-order valence-corrected chi connectivity index (χ4v) is 2.83. The van der Waals surface area contributed by atoms with Gasteiger partial charge in [-0.25, -0.2) is 4.98 Å². The smallest absolute Gasteiger partial charge is 0.304 e. The minimum atomic E-state index is -4.52. The van der Waals surface area contributed by atoms with E-state index in [2.05, 4.69) is 20.5 Å². The lowest BCUT2D eigenvalue weighted by Crippen LogP contribution is -2.25. The number of carbonyl (C=O) groups excluding carboxylic acids is 2. The molecule has 8 nitrogen and oxygen atoms in total. The van der Waals surface area contributed by atoms with Crippen molar-refractivity contribution in [3.05, 3.63) is 52.6 Å². The second kappa shape index (κ2) is 7.15. The summed E-state index contributed by atoms with van der Waals surface area (Å²) in [5, 5.41) is 10.7. The number of ketones is 1. The second-order valence-electron chi connectivity index (χ2n) is 6.44. The predicted molar refractivity (Wildman–Crippen MR) is 96.7 cm³/mol. The van der Waals surface area contributed by atoms with Crippen molar-refractivity contribution in [2.45, 2.75) is 26.9 Å². The van der Waals surface area contributed by atoms with Crippen LogP contribution in [0.15, 0.2) is 24.4 Å². The number of amides is 1. The van der Waals surface area contributed by atoms with Crippen molar-refractivity contribution < 1.29 is 22.8 Å². The quantitative estimate of drug-likeness (QED) is 0.531. The lowest BCUT2D eigenvalue weighted by atomic mass is 10.1. The zero-order chi connectivity index (χ0) is 21.5. The Hall–Kier alpha value is -3.50. The maximum atomic E-state index is 12.7. The van der Waals surface area contributed by atoms with Gasteiger partial charge >= 0.3 is 6.18 Å². The minimum Gasteiger partial charge on any atom is -0.304 e. The third-order valence-corrected chi connectivity index (χ3v) is 4.31. The van der Waals surface area contributed by atoms with E-state index in [1.54, 1.807) is 27.8 Å². The highest BCUT2D eigenvalue weighted by Gasteiger charge is 2.31. The highest BCUT2D eigenvalue weighted by molar-refractivity contribution is 6.47. The highest BCUT2D eigenvalue weighted by atomic mass is 19.4. The molecule has 0 fully saturated rings. The molecule has 0 aliphatic rings. The lowest BCUT2D eigenvalue weighted by molar-refractivity contribution is -0.137. The van der Waals surface area contributed by atoms with Crippen molar-refractivity contribution in [3.8, 4) is 5.82 Å². The highest BCUT2D eigenvalue weighted by Crippen LogP contribution is 2.29. The standard InChI is InChI=1S/C18H17F3N6O2/c1-9-7-14(23-17(29)16(28)15-10(2)25-26(4)11(15)3)27(24-9)13-6-5-12(8-22-13)18(19,20)21/h5-8H,1-4H3,(H,23,29). The Morgan fingerprint density at radius 2 is 1.79 bits per heavy atom. The van der Waals surface area contributed by atoms with Crippen molar-refractivity contribution in [3.63, 3.8) is 0 Å². The topological polar surface area (TPSA) is 94.7 Å². The molecule has 152 valence electrons. The minimum absolute atomic E-state index is 0.0580. The summed E-state index contributed by atoms with van der Waals surface area (Å²) in [6, 6.07) is 3.47. The van der Waals surface area contributed by atoms with E-state index in [-0.39, 0.29) is 17.2 Å². The number of aryl methyl sites for hydroxylation is 3. The van der Waals surface area contributed by atoms with Gasteiger partial charge in [-0.1, -0.05) is 0 Å². The number of rotatable bonds is 4. The Labute approximate surface area is 163 Å². The Balaban J connectivity index is 1.89. The summed E-state index contributed by atoms with van der Waals surface area (Å²) in [4.78, 5) is 28.8. The molecule has 0 spiro atoms. The molecule has 0 aromatic carbocycles. The molecule has 3 aromatic heterocycles. The number of hydrogen-bond acceptors (Lipinski definition) is 5. The molecule has 3 heterocycles. The van der Waals surface area contributed by atoms with Gasteiger partial charge in [0.1, 0.15) is 5.82 Å². The third kappa shape index (κ3) is 3.89. The SMILES string of the molecule is Cc1cc(NC(=O)C(=O)c2c(C)nn(C)c2C)n(-c2ccc(C(F)(F)F)cn2)n1. The maximum Gasteiger partial charge on any atom is 0.417 e. The Morgan fingerprint density at radius 3 is 2.31 bits per heavy atom. The monoisotopic (exact) mass is 406 g/mol. The van der Waals surface area contributed by atoms with Crippen molar-refractivity contribution in [2.24, 2.45) is 7.05 Å². The van der Waals surface area contributed by atoms with Crippen LogP contribution in [0.5, 0.6) is 0 Å². The molecule has 3 rings (SSSR count). The summed E-state index contributed by atoms with van der Waals surface area (Å²) in [7, 11) is 1.66. The lowest BCUT2D eigenvalue weighted by Gasteiger charge is -2.10. The van der Waals surface area contributed by atoms with E-state index in [1.807, 2.05) is 0 Å². The number of Topliss-reactive ketones (excluding diaryl/α,β-unsaturated/α-hetero) is 1. The van der Waals surface area contributed by atoms with Crippen LogP contribution in [-0.4, -0.2) is 36.2 Å². The van der Waals surface area contributed by atoms with Crippen LogP contribution in [0.2, 0.25) is 0 Å². The van der Waals surface area contributed by atoms with Gasteiger partial charge in [-0.3, -0.25) is 14.3 Å². The van der Waals surface area contributed by atoms with E-state index in [0.717, 1.165) is 16.8 Å². The van der Waals surface area contributed by atoms with Crippen LogP contribution < -0.4 is 5.32 Å². The van der Waals surface area contributed by atoms with E-state index in [0.29, 0.717) is 23.3 Å². The number of nitrogens with one attached hydrogen (secondary N) is 1. The number of pyridine rings is 1. The molecule has 11 heteroatoms. The molecule has 0 unspecified atom stereocenters. The van der Waals surface area contributed by atoms with E-state index >= 15 is 0 Å². The molecule has 29 heavy (non-hydrogen) atoms. The van der Waals surface area contributed by atoms with Crippen LogP contribution >= 0.6 is 0 Å². The van der Waals surface area contributed by atoms with Gasteiger partial charge in [-0.15, -0.1) is 0 Å². The van der Waals surface area contributed by atoms with Crippen LogP contribution in [0.3, 0.4) is 0 Å². The van der Waals surface area contributed by atoms with Crippen LogP contribution in [0, 0.1) is 20.8 Å². The fraction of sp³-hybridized carbons (Fsp3) is 0.278. The van der Waals surface area contributed by atoms with Crippen LogP contribution in [0.4, 0.5) is 19.0 Å². The van der Waals surface area contributed by atoms with Crippen LogP contribution in [-0.2, 0) is 18.0 Å². The van der Waals surface area contributed by atoms with Crippen molar-refractivity contribution in [1.82, 2.24) is 24.5 Å². The van der Waals surface area contributed by atoms with Crippen molar-refractivity contribution in [2.75, 3.05) is 5.32 Å². The van der Waals surface area contributed by atoms with Gasteiger partial charge in [0.25, 0.3) is 11.7 Å². The summed E-state index contributed by atoms with van der Waals surface area (Å²) < 4.78 is 40.8. The summed E-state index contributed by atoms with van der Waals surface area (Å²) in [6.45, 7) is 4.92. The molecule has 0 saturated heterocycles. The van der Waals surface area contributed by atoms with Crippen molar-refractivity contribution in [1.29, 1.82) is 0 Å². The number of aromatic nitrogens is 5. The largest absolute Gasteiger partial charge is 0.417 e. The Kier molecular flexibility index (Phi) is 4.99. The normalized spacial score (nSPS) is 11.6. The molecule has 3 aromatic rings. The molecule has 0 aliphatic carbocycles. The van der Waals surface area contributed by atoms with Gasteiger partial charge in [-0.2, -0.15) is 28.1 Å². The van der Waals surface area contributed by atoms with E-state index in [4.69, 9.17) is 0 Å². The maximum absolute atomic E-state index is 12.7. The Morgan fingerprint density at radius 1 is 1.10 bits per heavy atom. The average molecular weight is 406 g/mol. The summed E-state index contributed by atoms with van der Waals surface area (Å²) >= 11 is 0. The van der Waals surface area contributed by atoms with Gasteiger partial charge in [0.05, 0.1) is 22.5 Å². The molecule has 1 N–H and O–H groups in total. The average Bonchev–Trinajstić information content (AvgIpc) is 3.12. The number of halogens is 3. The van der Waals surface area contributed by atoms with Crippen LogP contribution in [0.1, 0.15) is 33.0 Å². The predicted octanol–water partition coefficient (Wildman–Crippen LogP) is 2.77. The van der Waals surface area contributed by atoms with Gasteiger partial charge in [0, 0.05) is 25.0 Å². The molecule has 0 saturated carbocycles. The molecule has 0 atom stereocenters. The summed E-state index contributed by atoms with van der Waals surface area (Å²) in [6.07, 6.45) is -3.85. The van der Waals surface area contributed by atoms with E-state index in [1.165, 1.54) is 10.7 Å². The molecule has 0 aliphatic heterocycles. The molecule has 0 radical (unpaired) electrons. The summed E-state index contributed by atoms with van der Waals surface area (Å²) in [5.74, 6) is -1.54. The fourth-order valence-electron chi connectivity index (χ4n) is 2.83. The zero-order valence-electron chi connectivity index (χ0n) is 16.0. The Bertz CT molecular complexity index is 1100. The number of hydrogen-bond donors (Lipinski definition) is 1. The second-order valence-corrected chi connectivity index (χ2v) is 6.44. The first-order valence-corrected chi connectivity index (χ1v) is 8.45. The molecular weight excluding hydrogens is 389 g/mol. The third-order valence-electron chi connectivity index (χ3n) is 4.31. The van der Waals surface area contributed by atoms with E-state index in [9.17, 15) is 22.8 Å². The summed E-state index contributed by atoms with van der Waals surface area (Å²) in [5.41, 5.74) is 0.716. The number of nitrogens with zero attached hydrogens (tertiary/aromatic N) is 5.